The van der Waals surface area contributed by atoms with Gasteiger partial charge in [-0.2, -0.15) is 0 Å². The molecule has 118 valence electrons. The molecule has 0 radical (unpaired) electrons. The van der Waals surface area contributed by atoms with Crippen LogP contribution in [0.1, 0.15) is 33.1 Å². The second kappa shape index (κ2) is 8.98. The average molecular weight is 283 g/mol. The lowest BCUT2D eigenvalue weighted by molar-refractivity contribution is 0.0431. The average Bonchev–Trinajstić information content (AvgIpc) is 2.92. The monoisotopic (exact) mass is 283 g/mol. The van der Waals surface area contributed by atoms with Gasteiger partial charge in [0.05, 0.1) is 12.7 Å². The Labute approximate surface area is 124 Å². The molecule has 2 heterocycles. The fourth-order valence-electron chi connectivity index (χ4n) is 3.42. The molecule has 1 unspecified atom stereocenters. The van der Waals surface area contributed by atoms with Crippen LogP contribution < -0.4 is 5.32 Å². The van der Waals surface area contributed by atoms with Crippen LogP contribution in [0.2, 0.25) is 0 Å². The number of hydrogen-bond acceptors (Lipinski definition) is 4. The van der Waals surface area contributed by atoms with Crippen LogP contribution in [0.5, 0.6) is 0 Å². The van der Waals surface area contributed by atoms with Crippen LogP contribution in [0.25, 0.3) is 0 Å². The molecular weight excluding hydrogens is 250 g/mol. The summed E-state index contributed by atoms with van der Waals surface area (Å²) in [5, 5.41) is 3.45. The summed E-state index contributed by atoms with van der Waals surface area (Å²) in [6.07, 6.45) is 4.41. The molecule has 0 aromatic heterocycles. The smallest absolute Gasteiger partial charge is 0.0714 e. The fourth-order valence-corrected chi connectivity index (χ4v) is 3.42. The Bertz CT molecular complexity index is 252. The molecule has 0 saturated carbocycles. The normalized spacial score (nSPS) is 25.6. The van der Waals surface area contributed by atoms with Crippen molar-refractivity contribution < 1.29 is 4.74 Å². The van der Waals surface area contributed by atoms with Crippen molar-refractivity contribution in [3.8, 4) is 0 Å². The van der Waals surface area contributed by atoms with Gasteiger partial charge in [0.1, 0.15) is 0 Å². The van der Waals surface area contributed by atoms with Crippen molar-refractivity contribution in [1.82, 2.24) is 15.1 Å². The van der Waals surface area contributed by atoms with Gasteiger partial charge in [-0.1, -0.05) is 13.8 Å². The summed E-state index contributed by atoms with van der Waals surface area (Å²) in [5.41, 5.74) is 0. The van der Waals surface area contributed by atoms with Gasteiger partial charge in [0.2, 0.25) is 0 Å². The standard InChI is InChI=1S/C16H33N3O/c1-3-18(4-2)11-12-20-16-7-10-19(14-16)13-15-5-8-17-9-6-15/h15-17H,3-14H2,1-2H3. The Kier molecular flexibility index (Phi) is 7.28. The van der Waals surface area contributed by atoms with E-state index in [-0.39, 0.29) is 0 Å². The molecule has 0 aromatic rings. The highest BCUT2D eigenvalue weighted by Gasteiger charge is 2.25. The van der Waals surface area contributed by atoms with Crippen LogP contribution in [0.4, 0.5) is 0 Å². The molecule has 4 heteroatoms. The SMILES string of the molecule is CCN(CC)CCOC1CCN(CC2CCNCC2)C1. The van der Waals surface area contributed by atoms with Gasteiger partial charge in [-0.05, 0) is 51.4 Å². The summed E-state index contributed by atoms with van der Waals surface area (Å²) in [6.45, 7) is 14.8. The molecule has 2 aliphatic heterocycles. The second-order valence-corrected chi connectivity index (χ2v) is 6.26. The largest absolute Gasteiger partial charge is 0.376 e. The number of nitrogens with one attached hydrogen (secondary N) is 1. The highest BCUT2D eigenvalue weighted by Crippen LogP contribution is 2.18. The second-order valence-electron chi connectivity index (χ2n) is 6.26. The fraction of sp³-hybridized carbons (Fsp3) is 1.00. The maximum Gasteiger partial charge on any atom is 0.0714 e. The van der Waals surface area contributed by atoms with Crippen molar-refractivity contribution in [1.29, 1.82) is 0 Å². The predicted molar refractivity (Wildman–Crippen MR) is 84.2 cm³/mol. The van der Waals surface area contributed by atoms with E-state index in [1.807, 2.05) is 0 Å². The summed E-state index contributed by atoms with van der Waals surface area (Å²) in [7, 11) is 0. The maximum atomic E-state index is 6.06. The molecule has 0 aromatic carbocycles. The van der Waals surface area contributed by atoms with Gasteiger partial charge in [-0.25, -0.2) is 0 Å². The highest BCUT2D eigenvalue weighted by molar-refractivity contribution is 4.80. The minimum absolute atomic E-state index is 0.479. The third-order valence-corrected chi connectivity index (χ3v) is 4.86. The van der Waals surface area contributed by atoms with E-state index in [1.54, 1.807) is 0 Å². The topological polar surface area (TPSA) is 27.7 Å². The summed E-state index contributed by atoms with van der Waals surface area (Å²) in [5.74, 6) is 0.908. The van der Waals surface area contributed by atoms with E-state index in [9.17, 15) is 0 Å². The molecule has 4 nitrogen and oxygen atoms in total. The molecule has 20 heavy (non-hydrogen) atoms. The van der Waals surface area contributed by atoms with E-state index < -0.39 is 0 Å². The Morgan fingerprint density at radius 2 is 1.90 bits per heavy atom. The number of nitrogens with zero attached hydrogens (tertiary/aromatic N) is 2. The number of hydrogen-bond donors (Lipinski definition) is 1. The van der Waals surface area contributed by atoms with Crippen LogP contribution in [-0.2, 0) is 4.74 Å². The molecule has 2 fully saturated rings. The minimum Gasteiger partial charge on any atom is -0.376 e. The van der Waals surface area contributed by atoms with Crippen molar-refractivity contribution in [2.45, 2.75) is 39.2 Å². The summed E-state index contributed by atoms with van der Waals surface area (Å²) in [4.78, 5) is 5.06. The molecule has 1 N–H and O–H groups in total. The summed E-state index contributed by atoms with van der Waals surface area (Å²) < 4.78 is 6.06. The first-order chi connectivity index (χ1) is 9.81. The van der Waals surface area contributed by atoms with E-state index in [2.05, 4.69) is 29.0 Å². The Morgan fingerprint density at radius 1 is 1.15 bits per heavy atom. The lowest BCUT2D eigenvalue weighted by Crippen LogP contribution is -2.36. The van der Waals surface area contributed by atoms with Gasteiger partial charge in [0.25, 0.3) is 0 Å². The van der Waals surface area contributed by atoms with Gasteiger partial charge in [-0.15, -0.1) is 0 Å². The first-order valence-corrected chi connectivity index (χ1v) is 8.58. The van der Waals surface area contributed by atoms with Crippen LogP contribution in [-0.4, -0.2) is 74.9 Å². The predicted octanol–water partition coefficient (Wildman–Crippen LogP) is 1.42. The van der Waals surface area contributed by atoms with Crippen molar-refractivity contribution in [3.05, 3.63) is 0 Å². The molecule has 0 bridgehead atoms. The highest BCUT2D eigenvalue weighted by atomic mass is 16.5. The van der Waals surface area contributed by atoms with Gasteiger partial charge < -0.3 is 19.9 Å². The van der Waals surface area contributed by atoms with Crippen molar-refractivity contribution in [2.75, 3.05) is 59.0 Å². The van der Waals surface area contributed by atoms with Gasteiger partial charge in [-0.3, -0.25) is 0 Å². The van der Waals surface area contributed by atoms with E-state index in [1.165, 1.54) is 45.4 Å². The summed E-state index contributed by atoms with van der Waals surface area (Å²) in [6, 6.07) is 0. The van der Waals surface area contributed by atoms with Crippen LogP contribution in [0, 0.1) is 5.92 Å². The Balaban J connectivity index is 1.57. The zero-order chi connectivity index (χ0) is 14.2. The Hall–Kier alpha value is -0.160. The first-order valence-electron chi connectivity index (χ1n) is 8.58. The van der Waals surface area contributed by atoms with Crippen LogP contribution >= 0.6 is 0 Å². The molecule has 0 amide bonds. The van der Waals surface area contributed by atoms with Gasteiger partial charge in [0, 0.05) is 26.2 Å². The number of likely N-dealkylation sites (N-methyl/N-ethyl adjacent to an activating group) is 1. The molecule has 2 rings (SSSR count). The van der Waals surface area contributed by atoms with Gasteiger partial charge in [0.15, 0.2) is 0 Å². The Morgan fingerprint density at radius 3 is 2.60 bits per heavy atom. The van der Waals surface area contributed by atoms with Gasteiger partial charge >= 0.3 is 0 Å². The number of piperidine rings is 1. The number of ether oxygens (including phenoxy) is 1. The van der Waals surface area contributed by atoms with E-state index in [4.69, 9.17) is 4.74 Å². The lowest BCUT2D eigenvalue weighted by atomic mass is 9.98. The molecule has 0 spiro atoms. The van der Waals surface area contributed by atoms with E-state index >= 15 is 0 Å². The third-order valence-electron chi connectivity index (χ3n) is 4.86. The minimum atomic E-state index is 0.479. The first kappa shape index (κ1) is 16.2. The summed E-state index contributed by atoms with van der Waals surface area (Å²) >= 11 is 0. The van der Waals surface area contributed by atoms with E-state index in [0.717, 1.165) is 38.7 Å². The third kappa shape index (κ3) is 5.32. The van der Waals surface area contributed by atoms with Crippen molar-refractivity contribution in [2.24, 2.45) is 5.92 Å². The van der Waals surface area contributed by atoms with Crippen LogP contribution in [0.15, 0.2) is 0 Å². The molecule has 2 saturated heterocycles. The quantitative estimate of drug-likeness (QED) is 0.729. The lowest BCUT2D eigenvalue weighted by Gasteiger charge is -2.27. The van der Waals surface area contributed by atoms with Crippen LogP contribution in [0.3, 0.4) is 0 Å². The number of likely N-dealkylation sites (tertiary alicyclic amines) is 1. The molecular formula is C16H33N3O. The van der Waals surface area contributed by atoms with Crippen molar-refractivity contribution in [3.63, 3.8) is 0 Å². The zero-order valence-corrected chi connectivity index (χ0v) is 13.4. The van der Waals surface area contributed by atoms with Crippen molar-refractivity contribution >= 4 is 0 Å². The molecule has 0 aliphatic carbocycles. The molecule has 1 atom stereocenters. The van der Waals surface area contributed by atoms with E-state index in [0.29, 0.717) is 6.10 Å². The zero-order valence-electron chi connectivity index (χ0n) is 13.4. The number of rotatable bonds is 8. The maximum absolute atomic E-state index is 6.06. The molecule has 2 aliphatic rings.